The van der Waals surface area contributed by atoms with Crippen LogP contribution in [0.2, 0.25) is 0 Å². The lowest BCUT2D eigenvalue weighted by molar-refractivity contribution is -0.143. The Morgan fingerprint density at radius 2 is 1.67 bits per heavy atom. The zero-order valence-electron chi connectivity index (χ0n) is 17.0. The quantitative estimate of drug-likeness (QED) is 0.704. The van der Waals surface area contributed by atoms with Crippen LogP contribution in [0.1, 0.15) is 45.5 Å². The first-order valence-corrected chi connectivity index (χ1v) is 9.82. The van der Waals surface area contributed by atoms with Gasteiger partial charge in [-0.3, -0.25) is 19.6 Å². The molecule has 1 aliphatic carbocycles. The number of methoxy groups -OCH3 is 2. The van der Waals surface area contributed by atoms with Crippen molar-refractivity contribution in [3.63, 3.8) is 0 Å². The molecule has 0 N–H and O–H groups in total. The fourth-order valence-electron chi connectivity index (χ4n) is 3.93. The zero-order valence-corrected chi connectivity index (χ0v) is 17.0. The van der Waals surface area contributed by atoms with Crippen LogP contribution in [0.4, 0.5) is 0 Å². The van der Waals surface area contributed by atoms with Crippen molar-refractivity contribution in [2.45, 2.75) is 24.7 Å². The standard InChI is InChI=1S/C22H23N3O5/c1-29-16-6-4-15(5-7-16)22(9-10-22)21(28)25-13-3-12-24(25)19(26)18-14-23-11-8-17(18)20(27)30-2/h4-8,11,14H,3,9-10,12-13H2,1-2H3. The first kappa shape index (κ1) is 19.9. The van der Waals surface area contributed by atoms with E-state index in [0.29, 0.717) is 19.5 Å². The summed E-state index contributed by atoms with van der Waals surface area (Å²) in [5.74, 6) is -0.413. The van der Waals surface area contributed by atoms with E-state index >= 15 is 0 Å². The summed E-state index contributed by atoms with van der Waals surface area (Å²) in [6, 6.07) is 8.94. The number of rotatable bonds is 5. The predicted molar refractivity (Wildman–Crippen MR) is 107 cm³/mol. The zero-order chi connectivity index (χ0) is 21.3. The van der Waals surface area contributed by atoms with Crippen LogP contribution in [-0.4, -0.2) is 60.1 Å². The van der Waals surface area contributed by atoms with Crippen molar-refractivity contribution in [2.24, 2.45) is 0 Å². The number of pyridine rings is 1. The van der Waals surface area contributed by atoms with Crippen molar-refractivity contribution in [3.05, 3.63) is 59.4 Å². The van der Waals surface area contributed by atoms with Crippen molar-refractivity contribution >= 4 is 17.8 Å². The highest BCUT2D eigenvalue weighted by atomic mass is 16.5. The van der Waals surface area contributed by atoms with E-state index in [1.807, 2.05) is 24.3 Å². The number of amides is 2. The predicted octanol–water partition coefficient (Wildman–Crippen LogP) is 2.20. The molecule has 2 aliphatic rings. The molecule has 8 heteroatoms. The number of carbonyl (C=O) groups is 3. The van der Waals surface area contributed by atoms with Gasteiger partial charge in [0.25, 0.3) is 11.8 Å². The van der Waals surface area contributed by atoms with Crippen LogP contribution in [0.15, 0.2) is 42.7 Å². The number of hydrogen-bond donors (Lipinski definition) is 0. The monoisotopic (exact) mass is 409 g/mol. The molecule has 1 aliphatic heterocycles. The van der Waals surface area contributed by atoms with Crippen molar-refractivity contribution in [3.8, 4) is 5.75 Å². The normalized spacial score (nSPS) is 16.9. The van der Waals surface area contributed by atoms with Crippen LogP contribution in [0.5, 0.6) is 5.75 Å². The molecular weight excluding hydrogens is 386 g/mol. The SMILES string of the molecule is COC(=O)c1ccncc1C(=O)N1CCCN1C(=O)C1(c2ccc(OC)cc2)CC1. The van der Waals surface area contributed by atoms with E-state index < -0.39 is 17.3 Å². The van der Waals surface area contributed by atoms with E-state index in [1.165, 1.54) is 35.6 Å². The summed E-state index contributed by atoms with van der Waals surface area (Å²) in [6.07, 6.45) is 4.91. The van der Waals surface area contributed by atoms with Crippen molar-refractivity contribution < 1.29 is 23.9 Å². The minimum Gasteiger partial charge on any atom is -0.497 e. The van der Waals surface area contributed by atoms with Crippen LogP contribution in [0, 0.1) is 0 Å². The summed E-state index contributed by atoms with van der Waals surface area (Å²) in [6.45, 7) is 0.856. The van der Waals surface area contributed by atoms with E-state index in [2.05, 4.69) is 4.98 Å². The highest BCUT2D eigenvalue weighted by molar-refractivity contribution is 6.06. The Morgan fingerprint density at radius 1 is 0.967 bits per heavy atom. The van der Waals surface area contributed by atoms with E-state index in [1.54, 1.807) is 7.11 Å². The maximum atomic E-state index is 13.5. The molecule has 2 aromatic rings. The Bertz CT molecular complexity index is 985. The minimum atomic E-state index is -0.616. The second-order valence-corrected chi connectivity index (χ2v) is 7.43. The van der Waals surface area contributed by atoms with Gasteiger partial charge in [0.1, 0.15) is 5.75 Å². The molecule has 0 spiro atoms. The fraction of sp³-hybridized carbons (Fsp3) is 0.364. The van der Waals surface area contributed by atoms with Gasteiger partial charge in [0.2, 0.25) is 0 Å². The van der Waals surface area contributed by atoms with Gasteiger partial charge >= 0.3 is 5.97 Å². The molecule has 2 amide bonds. The van der Waals surface area contributed by atoms with Gasteiger partial charge in [-0.2, -0.15) is 0 Å². The van der Waals surface area contributed by atoms with Gasteiger partial charge in [-0.15, -0.1) is 0 Å². The molecule has 2 fully saturated rings. The summed E-state index contributed by atoms with van der Waals surface area (Å²) in [5.41, 5.74) is 0.561. The average molecular weight is 409 g/mol. The largest absolute Gasteiger partial charge is 0.497 e. The summed E-state index contributed by atoms with van der Waals surface area (Å²) in [7, 11) is 2.86. The lowest BCUT2D eigenvalue weighted by Crippen LogP contribution is -2.49. The molecule has 2 heterocycles. The maximum absolute atomic E-state index is 13.5. The molecule has 1 saturated heterocycles. The molecule has 0 atom stereocenters. The third kappa shape index (κ3) is 3.28. The molecular formula is C22H23N3O5. The summed E-state index contributed by atoms with van der Waals surface area (Å²) in [5, 5.41) is 2.95. The average Bonchev–Trinajstić information content (AvgIpc) is 3.47. The summed E-state index contributed by atoms with van der Waals surface area (Å²) < 4.78 is 9.98. The van der Waals surface area contributed by atoms with Gasteiger partial charge in [-0.25, -0.2) is 9.80 Å². The molecule has 4 rings (SSSR count). The lowest BCUT2D eigenvalue weighted by Gasteiger charge is -2.31. The van der Waals surface area contributed by atoms with Crippen LogP contribution in [0.25, 0.3) is 0 Å². The Morgan fingerprint density at radius 3 is 2.30 bits per heavy atom. The number of nitrogens with zero attached hydrogens (tertiary/aromatic N) is 3. The van der Waals surface area contributed by atoms with Crippen LogP contribution in [-0.2, 0) is 14.9 Å². The number of hydrazine groups is 1. The van der Waals surface area contributed by atoms with Crippen molar-refractivity contribution in [2.75, 3.05) is 27.3 Å². The first-order valence-electron chi connectivity index (χ1n) is 9.82. The van der Waals surface area contributed by atoms with Crippen molar-refractivity contribution in [1.82, 2.24) is 15.0 Å². The molecule has 1 aromatic heterocycles. The van der Waals surface area contributed by atoms with Gasteiger partial charge in [0, 0.05) is 25.5 Å². The summed E-state index contributed by atoms with van der Waals surface area (Å²) >= 11 is 0. The maximum Gasteiger partial charge on any atom is 0.338 e. The number of ether oxygens (including phenoxy) is 2. The number of hydrogen-bond acceptors (Lipinski definition) is 6. The van der Waals surface area contributed by atoms with Gasteiger partial charge in [-0.05, 0) is 43.0 Å². The Kier molecular flexibility index (Phi) is 5.15. The lowest BCUT2D eigenvalue weighted by atomic mass is 9.94. The van der Waals surface area contributed by atoms with E-state index in [0.717, 1.165) is 24.2 Å². The Balaban J connectivity index is 1.60. The second kappa shape index (κ2) is 7.78. The van der Waals surface area contributed by atoms with Gasteiger partial charge < -0.3 is 9.47 Å². The number of benzene rings is 1. The number of carbonyl (C=O) groups excluding carboxylic acids is 3. The molecule has 0 radical (unpaired) electrons. The van der Waals surface area contributed by atoms with Gasteiger partial charge in [0.05, 0.1) is 30.8 Å². The fourth-order valence-corrected chi connectivity index (χ4v) is 3.93. The van der Waals surface area contributed by atoms with Gasteiger partial charge in [-0.1, -0.05) is 12.1 Å². The third-order valence-electron chi connectivity index (χ3n) is 5.76. The van der Waals surface area contributed by atoms with E-state index in [4.69, 9.17) is 9.47 Å². The molecule has 1 aromatic carbocycles. The van der Waals surface area contributed by atoms with Crippen LogP contribution < -0.4 is 4.74 Å². The highest BCUT2D eigenvalue weighted by Gasteiger charge is 2.55. The van der Waals surface area contributed by atoms with E-state index in [-0.39, 0.29) is 17.0 Å². The molecule has 30 heavy (non-hydrogen) atoms. The molecule has 156 valence electrons. The van der Waals surface area contributed by atoms with Gasteiger partial charge in [0.15, 0.2) is 0 Å². The van der Waals surface area contributed by atoms with Crippen molar-refractivity contribution in [1.29, 1.82) is 0 Å². The highest BCUT2D eigenvalue weighted by Crippen LogP contribution is 2.50. The Labute approximate surface area is 174 Å². The molecule has 1 saturated carbocycles. The minimum absolute atomic E-state index is 0.0953. The molecule has 0 bridgehead atoms. The molecule has 8 nitrogen and oxygen atoms in total. The topological polar surface area (TPSA) is 89.0 Å². The second-order valence-electron chi connectivity index (χ2n) is 7.43. The van der Waals surface area contributed by atoms with Crippen LogP contribution in [0.3, 0.4) is 0 Å². The Hall–Kier alpha value is -3.42. The summed E-state index contributed by atoms with van der Waals surface area (Å²) in [4.78, 5) is 42.8. The van der Waals surface area contributed by atoms with Crippen LogP contribution >= 0.6 is 0 Å². The third-order valence-corrected chi connectivity index (χ3v) is 5.76. The first-order chi connectivity index (χ1) is 14.5. The smallest absolute Gasteiger partial charge is 0.338 e. The number of esters is 1. The number of aromatic nitrogens is 1. The van der Waals surface area contributed by atoms with E-state index in [9.17, 15) is 14.4 Å². The molecule has 0 unspecified atom stereocenters.